The molecule has 0 aliphatic heterocycles. The van der Waals surface area contributed by atoms with Crippen LogP contribution in [0.2, 0.25) is 0 Å². The highest BCUT2D eigenvalue weighted by Gasteiger charge is 2.64. The maximum Gasteiger partial charge on any atom is 0.252 e. The first-order valence-electron chi connectivity index (χ1n) is 7.17. The molecule has 2 N–H and O–H groups in total. The highest BCUT2D eigenvalue weighted by atomic mass is 16.1. The second-order valence-corrected chi connectivity index (χ2v) is 7.17. The number of H-pyrrole nitrogens is 1. The monoisotopic (exact) mass is 261 g/mol. The number of hydrogen-bond acceptors (Lipinski definition) is 3. The summed E-state index contributed by atoms with van der Waals surface area (Å²) in [7, 11) is 0. The Kier molecular flexibility index (Phi) is 2.57. The van der Waals surface area contributed by atoms with Gasteiger partial charge in [-0.05, 0) is 29.6 Å². The molecule has 19 heavy (non-hydrogen) atoms. The van der Waals surface area contributed by atoms with Gasteiger partial charge in [-0.15, -0.1) is 0 Å². The molecule has 2 saturated carbocycles. The molecule has 0 saturated heterocycles. The van der Waals surface area contributed by atoms with Gasteiger partial charge in [0.1, 0.15) is 11.6 Å². The van der Waals surface area contributed by atoms with Crippen molar-refractivity contribution in [3.63, 3.8) is 0 Å². The summed E-state index contributed by atoms with van der Waals surface area (Å²) in [4.78, 5) is 19.0. The fraction of sp³-hybridized carbons (Fsp3) is 0.733. The second-order valence-electron chi connectivity index (χ2n) is 7.17. The topological polar surface area (TPSA) is 57.8 Å². The Morgan fingerprint density at radius 2 is 1.95 bits per heavy atom. The van der Waals surface area contributed by atoms with Crippen molar-refractivity contribution in [2.45, 2.75) is 46.5 Å². The van der Waals surface area contributed by atoms with Crippen LogP contribution in [0.5, 0.6) is 0 Å². The van der Waals surface area contributed by atoms with E-state index in [9.17, 15) is 4.79 Å². The van der Waals surface area contributed by atoms with E-state index >= 15 is 0 Å². The molecule has 0 radical (unpaired) electrons. The van der Waals surface area contributed by atoms with E-state index in [-0.39, 0.29) is 5.56 Å². The van der Waals surface area contributed by atoms with E-state index < -0.39 is 0 Å². The average molecular weight is 261 g/mol. The molecule has 0 aromatic carbocycles. The molecule has 4 nitrogen and oxygen atoms in total. The molecule has 2 aliphatic carbocycles. The lowest BCUT2D eigenvalue weighted by molar-refractivity contribution is 0.457. The quantitative estimate of drug-likeness (QED) is 0.876. The van der Waals surface area contributed by atoms with Gasteiger partial charge in [0.05, 0.1) is 0 Å². The Balaban J connectivity index is 1.69. The van der Waals surface area contributed by atoms with Crippen molar-refractivity contribution in [2.24, 2.45) is 16.7 Å². The summed E-state index contributed by atoms with van der Waals surface area (Å²) >= 11 is 0. The number of nitrogens with zero attached hydrogens (tertiary/aromatic N) is 1. The predicted molar refractivity (Wildman–Crippen MR) is 76.4 cm³/mol. The molecule has 1 aromatic heterocycles. The highest BCUT2D eigenvalue weighted by Crippen LogP contribution is 2.68. The van der Waals surface area contributed by atoms with E-state index in [0.717, 1.165) is 31.0 Å². The van der Waals surface area contributed by atoms with E-state index in [1.807, 2.05) is 0 Å². The van der Waals surface area contributed by atoms with E-state index in [1.54, 1.807) is 6.07 Å². The van der Waals surface area contributed by atoms with Gasteiger partial charge in [-0.3, -0.25) is 4.79 Å². The van der Waals surface area contributed by atoms with Crippen molar-refractivity contribution in [1.82, 2.24) is 9.97 Å². The molecule has 0 atom stereocenters. The summed E-state index contributed by atoms with van der Waals surface area (Å²) in [5.74, 6) is 2.68. The van der Waals surface area contributed by atoms with Crippen LogP contribution in [0.4, 0.5) is 5.82 Å². The Morgan fingerprint density at radius 3 is 2.47 bits per heavy atom. The summed E-state index contributed by atoms with van der Waals surface area (Å²) < 4.78 is 0. The Morgan fingerprint density at radius 1 is 1.32 bits per heavy atom. The fourth-order valence-corrected chi connectivity index (χ4v) is 3.17. The van der Waals surface area contributed by atoms with Crippen LogP contribution in [-0.4, -0.2) is 16.5 Å². The van der Waals surface area contributed by atoms with Gasteiger partial charge in [0.25, 0.3) is 5.56 Å². The average Bonchev–Trinajstić information content (AvgIpc) is 3.16. The lowest BCUT2D eigenvalue weighted by Crippen LogP contribution is -2.15. The van der Waals surface area contributed by atoms with E-state index in [4.69, 9.17) is 0 Å². The number of anilines is 1. The van der Waals surface area contributed by atoms with Crippen LogP contribution in [0, 0.1) is 16.7 Å². The number of aromatic amines is 1. The summed E-state index contributed by atoms with van der Waals surface area (Å²) in [5.41, 5.74) is 0.676. The van der Waals surface area contributed by atoms with Gasteiger partial charge >= 0.3 is 0 Å². The summed E-state index contributed by atoms with van der Waals surface area (Å²) in [6, 6.07) is 1.56. The Bertz CT molecular complexity index is 541. The van der Waals surface area contributed by atoms with Crippen LogP contribution >= 0.6 is 0 Å². The molecule has 104 valence electrons. The molecule has 4 heteroatoms. The largest absolute Gasteiger partial charge is 0.370 e. The van der Waals surface area contributed by atoms with Gasteiger partial charge in [-0.2, -0.15) is 0 Å². The maximum atomic E-state index is 11.6. The molecule has 2 fully saturated rings. The number of aromatic nitrogens is 2. The van der Waals surface area contributed by atoms with E-state index in [1.165, 1.54) is 0 Å². The zero-order chi connectivity index (χ0) is 13.8. The molecule has 0 spiro atoms. The Labute approximate surface area is 114 Å². The first-order chi connectivity index (χ1) is 8.82. The van der Waals surface area contributed by atoms with Crippen molar-refractivity contribution >= 4 is 5.82 Å². The smallest absolute Gasteiger partial charge is 0.252 e. The SMILES string of the molecule is CC1(C)C(CNc2cc(=O)[nH]c(C3CC3)n2)C1(C)C. The first-order valence-corrected chi connectivity index (χ1v) is 7.17. The van der Waals surface area contributed by atoms with Gasteiger partial charge in [0.15, 0.2) is 0 Å². The van der Waals surface area contributed by atoms with Crippen molar-refractivity contribution in [1.29, 1.82) is 0 Å². The van der Waals surface area contributed by atoms with Gasteiger partial charge in [0.2, 0.25) is 0 Å². The van der Waals surface area contributed by atoms with E-state index in [0.29, 0.717) is 22.7 Å². The maximum absolute atomic E-state index is 11.6. The number of nitrogens with one attached hydrogen (secondary N) is 2. The van der Waals surface area contributed by atoms with Crippen LogP contribution in [0.1, 0.15) is 52.3 Å². The van der Waals surface area contributed by atoms with Gasteiger partial charge in [0, 0.05) is 18.5 Å². The first kappa shape index (κ1) is 12.7. The number of hydrogen-bond donors (Lipinski definition) is 2. The third-order valence-corrected chi connectivity index (χ3v) is 5.53. The molecule has 1 heterocycles. The molecule has 0 bridgehead atoms. The standard InChI is InChI=1S/C15H23N3O/c1-14(2)10(15(14,3)4)8-16-11-7-12(19)18-13(17-11)9-5-6-9/h7,9-10H,5-6,8H2,1-4H3,(H2,16,17,18,19). The summed E-state index contributed by atoms with van der Waals surface area (Å²) in [5, 5.41) is 3.35. The van der Waals surface area contributed by atoms with Gasteiger partial charge in [-0.25, -0.2) is 4.98 Å². The van der Waals surface area contributed by atoms with Crippen LogP contribution < -0.4 is 10.9 Å². The van der Waals surface area contributed by atoms with Crippen molar-refractivity contribution in [3.8, 4) is 0 Å². The Hall–Kier alpha value is -1.32. The molecular weight excluding hydrogens is 238 g/mol. The summed E-state index contributed by atoms with van der Waals surface area (Å²) in [6.07, 6.45) is 2.30. The second kappa shape index (κ2) is 3.84. The third-order valence-electron chi connectivity index (χ3n) is 5.53. The highest BCUT2D eigenvalue weighted by molar-refractivity contribution is 5.35. The molecule has 3 rings (SSSR count). The molecule has 0 amide bonds. The fourth-order valence-electron chi connectivity index (χ4n) is 3.17. The third kappa shape index (κ3) is 2.07. The molecule has 2 aliphatic rings. The minimum Gasteiger partial charge on any atom is -0.370 e. The molecule has 1 aromatic rings. The molecular formula is C15H23N3O. The minimum absolute atomic E-state index is 0.0475. The lowest BCUT2D eigenvalue weighted by Gasteiger charge is -2.08. The van der Waals surface area contributed by atoms with Crippen molar-refractivity contribution in [3.05, 3.63) is 22.2 Å². The van der Waals surface area contributed by atoms with Gasteiger partial charge in [-0.1, -0.05) is 27.7 Å². The zero-order valence-corrected chi connectivity index (χ0v) is 12.2. The predicted octanol–water partition coefficient (Wildman–Crippen LogP) is 2.74. The molecule has 0 unspecified atom stereocenters. The van der Waals surface area contributed by atoms with Crippen molar-refractivity contribution in [2.75, 3.05) is 11.9 Å². The van der Waals surface area contributed by atoms with E-state index in [2.05, 4.69) is 43.0 Å². The van der Waals surface area contributed by atoms with Crippen LogP contribution in [-0.2, 0) is 0 Å². The van der Waals surface area contributed by atoms with Crippen LogP contribution in [0.15, 0.2) is 10.9 Å². The lowest BCUT2D eigenvalue weighted by atomic mass is 10.0. The normalized spacial score (nSPS) is 24.2. The summed E-state index contributed by atoms with van der Waals surface area (Å²) in [6.45, 7) is 10.1. The minimum atomic E-state index is -0.0475. The van der Waals surface area contributed by atoms with Crippen molar-refractivity contribution < 1.29 is 0 Å². The van der Waals surface area contributed by atoms with Crippen LogP contribution in [0.25, 0.3) is 0 Å². The number of rotatable bonds is 4. The zero-order valence-electron chi connectivity index (χ0n) is 12.2. The van der Waals surface area contributed by atoms with Crippen LogP contribution in [0.3, 0.4) is 0 Å². The van der Waals surface area contributed by atoms with Gasteiger partial charge < -0.3 is 10.3 Å².